The summed E-state index contributed by atoms with van der Waals surface area (Å²) in [5.41, 5.74) is 0. The maximum atomic E-state index is 12.4. The Kier molecular flexibility index (Phi) is 5.07. The molecule has 0 saturated carbocycles. The second-order valence-corrected chi connectivity index (χ2v) is 6.26. The largest absolute Gasteiger partial charge is 0.497 e. The Labute approximate surface area is 139 Å². The van der Waals surface area contributed by atoms with Gasteiger partial charge in [-0.15, -0.1) is 11.8 Å². The lowest BCUT2D eigenvalue weighted by atomic mass is 10.3. The van der Waals surface area contributed by atoms with Crippen molar-refractivity contribution in [1.82, 2.24) is 9.66 Å². The Morgan fingerprint density at radius 1 is 1.35 bits per heavy atom. The number of carbonyl (C=O) groups excluding carboxylic acids is 1. The number of benzene rings is 1. The molecule has 0 spiro atoms. The van der Waals surface area contributed by atoms with Crippen LogP contribution in [0.15, 0.2) is 43.0 Å². The van der Waals surface area contributed by atoms with E-state index < -0.39 is 0 Å². The van der Waals surface area contributed by atoms with Crippen molar-refractivity contribution < 1.29 is 14.3 Å². The Balaban J connectivity index is 1.50. The Bertz CT molecular complexity index is 631. The number of carbonyl (C=O) groups is 1. The molecule has 1 aromatic carbocycles. The van der Waals surface area contributed by atoms with E-state index in [1.54, 1.807) is 31.4 Å². The van der Waals surface area contributed by atoms with Crippen LogP contribution in [0.4, 0.5) is 0 Å². The van der Waals surface area contributed by atoms with E-state index in [0.717, 1.165) is 23.8 Å². The van der Waals surface area contributed by atoms with Crippen molar-refractivity contribution in [2.75, 3.05) is 31.0 Å². The summed E-state index contributed by atoms with van der Waals surface area (Å²) in [5.74, 6) is 2.64. The third-order valence-electron chi connectivity index (χ3n) is 3.61. The number of hydrogen-bond donors (Lipinski definition) is 0. The van der Waals surface area contributed by atoms with E-state index in [1.165, 1.54) is 0 Å². The molecule has 1 aliphatic heterocycles. The molecule has 1 aliphatic rings. The van der Waals surface area contributed by atoms with Gasteiger partial charge < -0.3 is 9.47 Å². The molecule has 0 bridgehead atoms. The van der Waals surface area contributed by atoms with Crippen molar-refractivity contribution in [3.05, 3.63) is 43.0 Å². The van der Waals surface area contributed by atoms with Crippen LogP contribution >= 0.6 is 11.8 Å². The maximum Gasteiger partial charge on any atom is 0.170 e. The lowest BCUT2D eigenvalue weighted by molar-refractivity contribution is -0.119. The molecule has 0 amide bonds. The van der Waals surface area contributed by atoms with E-state index in [-0.39, 0.29) is 11.2 Å². The summed E-state index contributed by atoms with van der Waals surface area (Å²) in [6.07, 6.45) is 5.69. The summed E-state index contributed by atoms with van der Waals surface area (Å²) in [7, 11) is 1.62. The van der Waals surface area contributed by atoms with Gasteiger partial charge in [0.15, 0.2) is 5.78 Å². The first kappa shape index (κ1) is 15.7. The number of methoxy groups -OCH3 is 1. The van der Waals surface area contributed by atoms with Crippen LogP contribution < -0.4 is 14.5 Å². The first-order valence-corrected chi connectivity index (χ1v) is 8.49. The van der Waals surface area contributed by atoms with E-state index in [9.17, 15) is 4.79 Å². The molecule has 7 heteroatoms. The number of ether oxygens (including phenoxy) is 2. The van der Waals surface area contributed by atoms with E-state index in [1.807, 2.05) is 40.1 Å². The van der Waals surface area contributed by atoms with Crippen molar-refractivity contribution in [1.29, 1.82) is 0 Å². The van der Waals surface area contributed by atoms with Gasteiger partial charge in [-0.2, -0.15) is 0 Å². The lowest BCUT2D eigenvalue weighted by Gasteiger charge is -2.25. The van der Waals surface area contributed by atoms with E-state index in [0.29, 0.717) is 13.0 Å². The summed E-state index contributed by atoms with van der Waals surface area (Å²) in [6, 6.07) is 7.35. The summed E-state index contributed by atoms with van der Waals surface area (Å²) >= 11 is 1.66. The van der Waals surface area contributed by atoms with Crippen LogP contribution in [0, 0.1) is 0 Å². The SMILES string of the molecule is COc1ccc(OCCC(=O)C2SCCN2n2ccnc2)cc1. The van der Waals surface area contributed by atoms with Crippen molar-refractivity contribution in [3.8, 4) is 11.5 Å². The molecule has 1 fully saturated rings. The second-order valence-electron chi connectivity index (χ2n) is 5.07. The topological polar surface area (TPSA) is 56.6 Å². The quantitative estimate of drug-likeness (QED) is 0.772. The van der Waals surface area contributed by atoms with Gasteiger partial charge in [0.2, 0.25) is 0 Å². The molecule has 1 saturated heterocycles. The molecule has 0 N–H and O–H groups in total. The zero-order chi connectivity index (χ0) is 16.1. The Morgan fingerprint density at radius 2 is 2.13 bits per heavy atom. The van der Waals surface area contributed by atoms with Gasteiger partial charge in [0.05, 0.1) is 13.7 Å². The number of ketones is 1. The number of imidazole rings is 1. The molecule has 1 aromatic heterocycles. The zero-order valence-corrected chi connectivity index (χ0v) is 13.7. The van der Waals surface area contributed by atoms with Crippen molar-refractivity contribution in [3.63, 3.8) is 0 Å². The molecule has 1 atom stereocenters. The molecule has 0 radical (unpaired) electrons. The van der Waals surface area contributed by atoms with Gasteiger partial charge in [-0.3, -0.25) is 14.5 Å². The first-order chi connectivity index (χ1) is 11.3. The van der Waals surface area contributed by atoms with Crippen molar-refractivity contribution >= 4 is 17.5 Å². The highest BCUT2D eigenvalue weighted by atomic mass is 32.2. The van der Waals surface area contributed by atoms with Gasteiger partial charge in [-0.05, 0) is 24.3 Å². The van der Waals surface area contributed by atoms with Crippen molar-refractivity contribution in [2.45, 2.75) is 11.8 Å². The number of nitrogens with zero attached hydrogens (tertiary/aromatic N) is 3. The standard InChI is InChI=1S/C16H19N3O3S/c1-21-13-2-4-14(5-3-13)22-10-6-15(20)16-19(9-11-23-16)18-8-7-17-12-18/h2-5,7-8,12,16H,6,9-11H2,1H3. The van der Waals surface area contributed by atoms with Gasteiger partial charge in [0.1, 0.15) is 23.2 Å². The highest BCUT2D eigenvalue weighted by molar-refractivity contribution is 8.01. The van der Waals surface area contributed by atoms with Crippen LogP contribution in [0.25, 0.3) is 0 Å². The fourth-order valence-corrected chi connectivity index (χ4v) is 3.63. The summed E-state index contributed by atoms with van der Waals surface area (Å²) in [5, 5.41) is 1.87. The summed E-state index contributed by atoms with van der Waals surface area (Å²) < 4.78 is 12.6. The molecule has 2 heterocycles. The van der Waals surface area contributed by atoms with Gasteiger partial charge in [0.25, 0.3) is 0 Å². The Morgan fingerprint density at radius 3 is 2.83 bits per heavy atom. The molecule has 2 aromatic rings. The third kappa shape index (κ3) is 3.79. The average Bonchev–Trinajstić information content (AvgIpc) is 3.26. The molecule has 0 aliphatic carbocycles. The normalized spacial score (nSPS) is 17.3. The fraction of sp³-hybridized carbons (Fsp3) is 0.375. The van der Waals surface area contributed by atoms with Crippen LogP contribution in [-0.4, -0.2) is 46.8 Å². The number of hydrogen-bond acceptors (Lipinski definition) is 6. The number of aromatic nitrogens is 2. The van der Waals surface area contributed by atoms with Gasteiger partial charge >= 0.3 is 0 Å². The minimum Gasteiger partial charge on any atom is -0.497 e. The second kappa shape index (κ2) is 7.41. The predicted octanol–water partition coefficient (Wildman–Crippen LogP) is 1.94. The van der Waals surface area contributed by atoms with Crippen LogP contribution in [0.5, 0.6) is 11.5 Å². The fourth-order valence-electron chi connectivity index (χ4n) is 2.43. The zero-order valence-electron chi connectivity index (χ0n) is 12.9. The average molecular weight is 333 g/mol. The van der Waals surface area contributed by atoms with Crippen molar-refractivity contribution in [2.24, 2.45) is 0 Å². The molecule has 23 heavy (non-hydrogen) atoms. The lowest BCUT2D eigenvalue weighted by Crippen LogP contribution is -2.42. The van der Waals surface area contributed by atoms with Crippen LogP contribution in [0.2, 0.25) is 0 Å². The highest BCUT2D eigenvalue weighted by Gasteiger charge is 2.31. The van der Waals surface area contributed by atoms with Gasteiger partial charge in [0, 0.05) is 31.1 Å². The molecular formula is C16H19N3O3S. The minimum atomic E-state index is -0.163. The van der Waals surface area contributed by atoms with Gasteiger partial charge in [-0.25, -0.2) is 4.98 Å². The third-order valence-corrected chi connectivity index (χ3v) is 4.85. The van der Waals surface area contributed by atoms with E-state index in [2.05, 4.69) is 4.98 Å². The molecule has 122 valence electrons. The van der Waals surface area contributed by atoms with Crippen LogP contribution in [-0.2, 0) is 4.79 Å². The molecule has 6 nitrogen and oxygen atoms in total. The maximum absolute atomic E-state index is 12.4. The van der Waals surface area contributed by atoms with Crippen LogP contribution in [0.3, 0.4) is 0 Å². The number of Topliss-reactive ketones (excluding diaryl/α,β-unsaturated/α-hetero) is 1. The molecular weight excluding hydrogens is 314 g/mol. The van der Waals surface area contributed by atoms with E-state index >= 15 is 0 Å². The first-order valence-electron chi connectivity index (χ1n) is 7.44. The van der Waals surface area contributed by atoms with Crippen LogP contribution in [0.1, 0.15) is 6.42 Å². The van der Waals surface area contributed by atoms with Gasteiger partial charge in [-0.1, -0.05) is 0 Å². The smallest absolute Gasteiger partial charge is 0.170 e. The molecule has 1 unspecified atom stereocenters. The minimum absolute atomic E-state index is 0.163. The number of rotatable bonds is 7. The summed E-state index contributed by atoms with van der Waals surface area (Å²) in [6.45, 7) is 1.22. The number of thioether (sulfide) groups is 1. The monoisotopic (exact) mass is 333 g/mol. The Hall–Kier alpha value is -2.15. The molecule has 3 rings (SSSR count). The predicted molar refractivity (Wildman–Crippen MR) is 89.7 cm³/mol. The summed E-state index contributed by atoms with van der Waals surface area (Å²) in [4.78, 5) is 16.5. The van der Waals surface area contributed by atoms with E-state index in [4.69, 9.17) is 9.47 Å². The highest BCUT2D eigenvalue weighted by Crippen LogP contribution is 2.24.